The Morgan fingerprint density at radius 1 is 1.53 bits per heavy atom. The highest BCUT2D eigenvalue weighted by Crippen LogP contribution is 1.93. The molecule has 0 atom stereocenters. The average molecular weight is 211 g/mol. The predicted molar refractivity (Wildman–Crippen MR) is 56.1 cm³/mol. The van der Waals surface area contributed by atoms with Crippen LogP contribution in [0.4, 0.5) is 0 Å². The molecule has 0 bridgehead atoms. The lowest BCUT2D eigenvalue weighted by atomic mass is 10.5. The zero-order chi connectivity index (χ0) is 11.1. The monoisotopic (exact) mass is 211 g/mol. The van der Waals surface area contributed by atoms with Crippen LogP contribution in [0.5, 0.6) is 0 Å². The van der Waals surface area contributed by atoms with Crippen LogP contribution >= 0.6 is 0 Å². The highest BCUT2D eigenvalue weighted by atomic mass is 16.1. The summed E-state index contributed by atoms with van der Waals surface area (Å²) >= 11 is 0. The van der Waals surface area contributed by atoms with Crippen molar-refractivity contribution in [3.8, 4) is 0 Å². The smallest absolute Gasteiger partial charge is 0.234 e. The quantitative estimate of drug-likeness (QED) is 0.667. The fraction of sp³-hybridized carbons (Fsp3) is 0.667. The first kappa shape index (κ1) is 11.6. The molecular formula is C9H17N5O. The van der Waals surface area contributed by atoms with Crippen molar-refractivity contribution >= 4 is 5.91 Å². The molecule has 0 aliphatic rings. The number of aromatic nitrogens is 3. The number of carbonyl (C=O) groups is 1. The summed E-state index contributed by atoms with van der Waals surface area (Å²) in [5.74, 6) is 0.754. The number of carbonyl (C=O) groups excluding carboxylic acids is 1. The minimum atomic E-state index is -0.0255. The van der Waals surface area contributed by atoms with Gasteiger partial charge in [-0.15, -0.1) is 10.2 Å². The zero-order valence-corrected chi connectivity index (χ0v) is 9.16. The molecule has 1 heterocycles. The molecule has 15 heavy (non-hydrogen) atoms. The van der Waals surface area contributed by atoms with E-state index in [1.165, 1.54) is 0 Å². The van der Waals surface area contributed by atoms with Gasteiger partial charge in [0.1, 0.15) is 6.33 Å². The number of rotatable bonds is 6. The molecule has 0 fully saturated rings. The second-order valence-corrected chi connectivity index (χ2v) is 3.09. The summed E-state index contributed by atoms with van der Waals surface area (Å²) in [6.07, 6.45) is 1.66. The molecule has 6 nitrogen and oxygen atoms in total. The normalized spacial score (nSPS) is 10.3. The number of amides is 1. The Morgan fingerprint density at radius 2 is 2.33 bits per heavy atom. The molecule has 6 heteroatoms. The van der Waals surface area contributed by atoms with Crippen molar-refractivity contribution in [2.24, 2.45) is 0 Å². The van der Waals surface area contributed by atoms with E-state index in [1.807, 2.05) is 18.4 Å². The van der Waals surface area contributed by atoms with Crippen LogP contribution in [0.1, 0.15) is 19.7 Å². The zero-order valence-electron chi connectivity index (χ0n) is 9.16. The van der Waals surface area contributed by atoms with Crippen molar-refractivity contribution in [2.75, 3.05) is 13.1 Å². The van der Waals surface area contributed by atoms with E-state index in [0.717, 1.165) is 18.9 Å². The Bertz CT molecular complexity index is 309. The van der Waals surface area contributed by atoms with E-state index in [1.54, 1.807) is 6.33 Å². The van der Waals surface area contributed by atoms with Gasteiger partial charge in [0.05, 0.1) is 13.1 Å². The summed E-state index contributed by atoms with van der Waals surface area (Å²) in [7, 11) is 0. The molecule has 0 aromatic carbocycles. The van der Waals surface area contributed by atoms with Crippen LogP contribution in [0, 0.1) is 0 Å². The van der Waals surface area contributed by atoms with Gasteiger partial charge in [-0.25, -0.2) is 0 Å². The average Bonchev–Trinajstić information content (AvgIpc) is 2.70. The van der Waals surface area contributed by atoms with Gasteiger partial charge in [-0.05, 0) is 13.5 Å². The number of nitrogens with zero attached hydrogens (tertiary/aromatic N) is 3. The van der Waals surface area contributed by atoms with Crippen molar-refractivity contribution in [1.29, 1.82) is 0 Å². The molecule has 0 aliphatic carbocycles. The third kappa shape index (κ3) is 3.67. The van der Waals surface area contributed by atoms with E-state index in [2.05, 4.69) is 20.8 Å². The number of likely N-dealkylation sites (N-methyl/N-ethyl adjacent to an activating group) is 1. The number of aryl methyl sites for hydroxylation is 1. The number of nitrogens with one attached hydrogen (secondary N) is 2. The van der Waals surface area contributed by atoms with E-state index in [9.17, 15) is 4.79 Å². The van der Waals surface area contributed by atoms with E-state index in [4.69, 9.17) is 0 Å². The third-order valence-corrected chi connectivity index (χ3v) is 2.02. The van der Waals surface area contributed by atoms with Gasteiger partial charge < -0.3 is 15.2 Å². The van der Waals surface area contributed by atoms with Gasteiger partial charge in [-0.3, -0.25) is 4.79 Å². The van der Waals surface area contributed by atoms with E-state index in [-0.39, 0.29) is 5.91 Å². The molecule has 0 saturated heterocycles. The first-order valence-electron chi connectivity index (χ1n) is 5.12. The Kier molecular flexibility index (Phi) is 4.76. The predicted octanol–water partition coefficient (Wildman–Crippen LogP) is -0.476. The minimum absolute atomic E-state index is 0.0255. The highest BCUT2D eigenvalue weighted by Gasteiger charge is 2.04. The van der Waals surface area contributed by atoms with Crippen LogP contribution in [-0.4, -0.2) is 33.8 Å². The first-order chi connectivity index (χ1) is 7.27. The maximum absolute atomic E-state index is 11.3. The van der Waals surface area contributed by atoms with Crippen molar-refractivity contribution < 1.29 is 4.79 Å². The lowest BCUT2D eigenvalue weighted by Crippen LogP contribution is -2.34. The molecule has 0 spiro atoms. The molecule has 0 radical (unpaired) electrons. The van der Waals surface area contributed by atoms with Crippen molar-refractivity contribution in [3.05, 3.63) is 12.2 Å². The van der Waals surface area contributed by atoms with Gasteiger partial charge in [0, 0.05) is 6.54 Å². The molecular weight excluding hydrogens is 194 g/mol. The molecule has 2 N–H and O–H groups in total. The summed E-state index contributed by atoms with van der Waals surface area (Å²) in [5, 5.41) is 13.4. The Labute approximate surface area is 89.1 Å². The molecule has 1 aromatic rings. The van der Waals surface area contributed by atoms with Gasteiger partial charge in [-0.2, -0.15) is 0 Å². The minimum Gasteiger partial charge on any atom is -0.348 e. The summed E-state index contributed by atoms with van der Waals surface area (Å²) in [6.45, 7) is 6.34. The number of hydrogen-bond acceptors (Lipinski definition) is 4. The van der Waals surface area contributed by atoms with Crippen LogP contribution in [0.2, 0.25) is 0 Å². The maximum atomic E-state index is 11.3. The molecule has 84 valence electrons. The van der Waals surface area contributed by atoms with Crippen LogP contribution in [0.15, 0.2) is 6.33 Å². The topological polar surface area (TPSA) is 71.8 Å². The maximum Gasteiger partial charge on any atom is 0.234 e. The molecule has 1 aromatic heterocycles. The van der Waals surface area contributed by atoms with Gasteiger partial charge >= 0.3 is 0 Å². The van der Waals surface area contributed by atoms with Crippen molar-refractivity contribution in [3.63, 3.8) is 0 Å². The lowest BCUT2D eigenvalue weighted by molar-refractivity contribution is -0.120. The fourth-order valence-electron chi connectivity index (χ4n) is 1.16. The first-order valence-corrected chi connectivity index (χ1v) is 5.12. The molecule has 0 saturated carbocycles. The molecule has 1 rings (SSSR count). The third-order valence-electron chi connectivity index (χ3n) is 2.02. The Hall–Kier alpha value is -1.43. The van der Waals surface area contributed by atoms with Crippen LogP contribution < -0.4 is 10.6 Å². The van der Waals surface area contributed by atoms with Gasteiger partial charge in [-0.1, -0.05) is 6.92 Å². The van der Waals surface area contributed by atoms with Gasteiger partial charge in [0.2, 0.25) is 5.91 Å². The van der Waals surface area contributed by atoms with Crippen LogP contribution in [0.3, 0.4) is 0 Å². The summed E-state index contributed by atoms with van der Waals surface area (Å²) in [6, 6.07) is 0. The van der Waals surface area contributed by atoms with E-state index in [0.29, 0.717) is 13.1 Å². The van der Waals surface area contributed by atoms with E-state index < -0.39 is 0 Å². The standard InChI is InChI=1S/C9H17N5O/c1-3-10-6-9(15)11-5-8-13-12-7-14(8)4-2/h7,10H,3-6H2,1-2H3,(H,11,15). The highest BCUT2D eigenvalue weighted by molar-refractivity contribution is 5.77. The SMILES string of the molecule is CCNCC(=O)NCc1nncn1CC. The van der Waals surface area contributed by atoms with Crippen molar-refractivity contribution in [1.82, 2.24) is 25.4 Å². The van der Waals surface area contributed by atoms with Crippen LogP contribution in [0.25, 0.3) is 0 Å². The van der Waals surface area contributed by atoms with Crippen LogP contribution in [-0.2, 0) is 17.9 Å². The molecule has 0 unspecified atom stereocenters. The molecule has 0 aliphatic heterocycles. The molecule has 1 amide bonds. The van der Waals surface area contributed by atoms with E-state index >= 15 is 0 Å². The summed E-state index contributed by atoms with van der Waals surface area (Å²) in [5.41, 5.74) is 0. The van der Waals surface area contributed by atoms with Gasteiger partial charge in [0.15, 0.2) is 5.82 Å². The number of hydrogen-bond donors (Lipinski definition) is 2. The lowest BCUT2D eigenvalue weighted by Gasteiger charge is -2.05. The summed E-state index contributed by atoms with van der Waals surface area (Å²) < 4.78 is 1.90. The second-order valence-electron chi connectivity index (χ2n) is 3.09. The second kappa shape index (κ2) is 6.13. The van der Waals surface area contributed by atoms with Crippen molar-refractivity contribution in [2.45, 2.75) is 26.9 Å². The van der Waals surface area contributed by atoms with Gasteiger partial charge in [0.25, 0.3) is 0 Å². The largest absolute Gasteiger partial charge is 0.348 e. The Morgan fingerprint density at radius 3 is 3.00 bits per heavy atom. The fourth-order valence-corrected chi connectivity index (χ4v) is 1.16. The summed E-state index contributed by atoms with van der Waals surface area (Å²) in [4.78, 5) is 11.3. The Balaban J connectivity index is 2.33.